The van der Waals surface area contributed by atoms with E-state index in [9.17, 15) is 4.39 Å². The van der Waals surface area contributed by atoms with E-state index in [-0.39, 0.29) is 5.82 Å². The summed E-state index contributed by atoms with van der Waals surface area (Å²) in [5.74, 6) is 0.887. The fourth-order valence-electron chi connectivity index (χ4n) is 1.57. The molecule has 0 radical (unpaired) electrons. The Bertz CT molecular complexity index is 347. The predicted octanol–water partition coefficient (Wildman–Crippen LogP) is 1.76. The van der Waals surface area contributed by atoms with Gasteiger partial charge in [-0.25, -0.2) is 4.39 Å². The van der Waals surface area contributed by atoms with Gasteiger partial charge in [0.25, 0.3) is 0 Å². The molecule has 1 aromatic carbocycles. The van der Waals surface area contributed by atoms with Crippen molar-refractivity contribution < 1.29 is 4.39 Å². The van der Waals surface area contributed by atoms with Gasteiger partial charge in [-0.2, -0.15) is 0 Å². The van der Waals surface area contributed by atoms with Gasteiger partial charge >= 0.3 is 0 Å². The van der Waals surface area contributed by atoms with Gasteiger partial charge < -0.3 is 5.32 Å². The Morgan fingerprint density at radius 3 is 3.00 bits per heavy atom. The first-order valence-corrected chi connectivity index (χ1v) is 4.86. The summed E-state index contributed by atoms with van der Waals surface area (Å²) < 4.78 is 12.8. The standard InChI is InChI=1S/C11H13FN2/c12-10-3-1-2-9(8-10)4-5-11-13-6-7-14-11/h1-3,8H,4-7H2,(H,13,14). The number of nitrogens with zero attached hydrogens (tertiary/aromatic N) is 1. The molecule has 0 bridgehead atoms. The lowest BCUT2D eigenvalue weighted by molar-refractivity contribution is 0.625. The maximum atomic E-state index is 12.8. The molecule has 1 heterocycles. The molecule has 3 heteroatoms. The van der Waals surface area contributed by atoms with E-state index < -0.39 is 0 Å². The maximum Gasteiger partial charge on any atom is 0.123 e. The Morgan fingerprint density at radius 1 is 1.36 bits per heavy atom. The molecule has 2 nitrogen and oxygen atoms in total. The zero-order valence-corrected chi connectivity index (χ0v) is 7.96. The van der Waals surface area contributed by atoms with E-state index in [1.807, 2.05) is 6.07 Å². The molecule has 0 atom stereocenters. The molecule has 0 unspecified atom stereocenters. The summed E-state index contributed by atoms with van der Waals surface area (Å²) in [6.45, 7) is 1.82. The normalized spacial score (nSPS) is 15.1. The molecule has 0 aromatic heterocycles. The molecule has 0 saturated carbocycles. The highest BCUT2D eigenvalue weighted by atomic mass is 19.1. The largest absolute Gasteiger partial charge is 0.372 e. The first-order chi connectivity index (χ1) is 6.84. The van der Waals surface area contributed by atoms with Crippen LogP contribution in [-0.4, -0.2) is 18.9 Å². The van der Waals surface area contributed by atoms with Gasteiger partial charge in [-0.3, -0.25) is 4.99 Å². The monoisotopic (exact) mass is 192 g/mol. The van der Waals surface area contributed by atoms with Gasteiger partial charge in [0.1, 0.15) is 5.82 Å². The molecule has 1 aliphatic heterocycles. The summed E-state index contributed by atoms with van der Waals surface area (Å²) in [5, 5.41) is 3.20. The number of aryl methyl sites for hydroxylation is 1. The van der Waals surface area contributed by atoms with Crippen molar-refractivity contribution in [1.82, 2.24) is 5.32 Å². The van der Waals surface area contributed by atoms with Gasteiger partial charge in [0, 0.05) is 13.0 Å². The number of hydrogen-bond donors (Lipinski definition) is 1. The van der Waals surface area contributed by atoms with Crippen LogP contribution in [0.25, 0.3) is 0 Å². The van der Waals surface area contributed by atoms with Crippen LogP contribution in [0.4, 0.5) is 4.39 Å². The Morgan fingerprint density at radius 2 is 2.29 bits per heavy atom. The molecule has 14 heavy (non-hydrogen) atoms. The van der Waals surface area contributed by atoms with Crippen LogP contribution < -0.4 is 5.32 Å². The van der Waals surface area contributed by atoms with Crippen LogP contribution in [0.5, 0.6) is 0 Å². The number of benzene rings is 1. The van der Waals surface area contributed by atoms with Crippen LogP contribution in [0.1, 0.15) is 12.0 Å². The van der Waals surface area contributed by atoms with E-state index >= 15 is 0 Å². The average Bonchev–Trinajstić information content (AvgIpc) is 2.67. The van der Waals surface area contributed by atoms with Crippen molar-refractivity contribution in [2.75, 3.05) is 13.1 Å². The molecule has 1 N–H and O–H groups in total. The molecule has 0 spiro atoms. The minimum absolute atomic E-state index is 0.163. The van der Waals surface area contributed by atoms with Gasteiger partial charge in [0.15, 0.2) is 0 Å². The van der Waals surface area contributed by atoms with Gasteiger partial charge in [-0.05, 0) is 24.1 Å². The molecular weight excluding hydrogens is 179 g/mol. The summed E-state index contributed by atoms with van der Waals surface area (Å²) >= 11 is 0. The highest BCUT2D eigenvalue weighted by Gasteiger charge is 2.04. The zero-order valence-electron chi connectivity index (χ0n) is 7.96. The summed E-state index contributed by atoms with van der Waals surface area (Å²) in [7, 11) is 0. The third-order valence-electron chi connectivity index (χ3n) is 2.28. The second kappa shape index (κ2) is 4.22. The minimum atomic E-state index is -0.163. The molecule has 1 aromatic rings. The Balaban J connectivity index is 1.91. The smallest absolute Gasteiger partial charge is 0.123 e. The zero-order chi connectivity index (χ0) is 9.80. The lowest BCUT2D eigenvalue weighted by Gasteiger charge is -2.02. The molecule has 0 amide bonds. The molecule has 2 rings (SSSR count). The first kappa shape index (κ1) is 9.19. The predicted molar refractivity (Wildman–Crippen MR) is 55.0 cm³/mol. The van der Waals surface area contributed by atoms with Gasteiger partial charge in [0.2, 0.25) is 0 Å². The first-order valence-electron chi connectivity index (χ1n) is 4.86. The number of rotatable bonds is 3. The van der Waals surface area contributed by atoms with Crippen molar-refractivity contribution in [2.24, 2.45) is 4.99 Å². The second-order valence-electron chi connectivity index (χ2n) is 3.39. The quantitative estimate of drug-likeness (QED) is 0.775. The van der Waals surface area contributed by atoms with Crippen molar-refractivity contribution in [1.29, 1.82) is 0 Å². The van der Waals surface area contributed by atoms with Crippen LogP contribution in [0, 0.1) is 5.82 Å². The van der Waals surface area contributed by atoms with Crippen LogP contribution >= 0.6 is 0 Å². The minimum Gasteiger partial charge on any atom is -0.372 e. The van der Waals surface area contributed by atoms with Crippen molar-refractivity contribution in [3.05, 3.63) is 35.6 Å². The van der Waals surface area contributed by atoms with E-state index in [1.54, 1.807) is 12.1 Å². The molecule has 0 aliphatic carbocycles. The second-order valence-corrected chi connectivity index (χ2v) is 3.39. The molecule has 0 fully saturated rings. The number of nitrogens with one attached hydrogen (secondary N) is 1. The molecular formula is C11H13FN2. The van der Waals surface area contributed by atoms with Crippen LogP contribution in [-0.2, 0) is 6.42 Å². The van der Waals surface area contributed by atoms with E-state index in [1.165, 1.54) is 6.07 Å². The summed E-state index contributed by atoms with van der Waals surface area (Å²) in [4.78, 5) is 4.28. The van der Waals surface area contributed by atoms with Crippen molar-refractivity contribution in [2.45, 2.75) is 12.8 Å². The van der Waals surface area contributed by atoms with Crippen LogP contribution in [0.15, 0.2) is 29.3 Å². The Hall–Kier alpha value is -1.38. The number of amidine groups is 1. The number of hydrogen-bond acceptors (Lipinski definition) is 2. The van der Waals surface area contributed by atoms with Crippen molar-refractivity contribution >= 4 is 5.84 Å². The summed E-state index contributed by atoms with van der Waals surface area (Å²) in [6, 6.07) is 6.73. The lowest BCUT2D eigenvalue weighted by Crippen LogP contribution is -2.18. The Kier molecular flexibility index (Phi) is 2.77. The summed E-state index contributed by atoms with van der Waals surface area (Å²) in [6.07, 6.45) is 1.73. The van der Waals surface area contributed by atoms with E-state index in [4.69, 9.17) is 0 Å². The number of halogens is 1. The lowest BCUT2D eigenvalue weighted by atomic mass is 10.1. The van der Waals surface area contributed by atoms with Crippen molar-refractivity contribution in [3.63, 3.8) is 0 Å². The highest BCUT2D eigenvalue weighted by Crippen LogP contribution is 2.07. The topological polar surface area (TPSA) is 24.4 Å². The maximum absolute atomic E-state index is 12.8. The average molecular weight is 192 g/mol. The third-order valence-corrected chi connectivity index (χ3v) is 2.28. The third kappa shape index (κ3) is 2.31. The molecule has 74 valence electrons. The van der Waals surface area contributed by atoms with Gasteiger partial charge in [0.05, 0.1) is 12.4 Å². The van der Waals surface area contributed by atoms with E-state index in [2.05, 4.69) is 10.3 Å². The highest BCUT2D eigenvalue weighted by molar-refractivity contribution is 5.83. The van der Waals surface area contributed by atoms with Crippen molar-refractivity contribution in [3.8, 4) is 0 Å². The molecule has 1 aliphatic rings. The summed E-state index contributed by atoms with van der Waals surface area (Å²) in [5.41, 5.74) is 1.03. The van der Waals surface area contributed by atoms with Gasteiger partial charge in [-0.1, -0.05) is 12.1 Å². The fourth-order valence-corrected chi connectivity index (χ4v) is 1.57. The SMILES string of the molecule is Fc1cccc(CCC2=NCCN2)c1. The number of aliphatic imine (C=N–C) groups is 1. The fraction of sp³-hybridized carbons (Fsp3) is 0.364. The van der Waals surface area contributed by atoms with Gasteiger partial charge in [-0.15, -0.1) is 0 Å². The van der Waals surface area contributed by atoms with Crippen LogP contribution in [0.2, 0.25) is 0 Å². The van der Waals surface area contributed by atoms with E-state index in [0.29, 0.717) is 0 Å². The molecule has 0 saturated heterocycles. The van der Waals surface area contributed by atoms with Crippen LogP contribution in [0.3, 0.4) is 0 Å². The Labute approximate surface area is 82.9 Å². The van der Waals surface area contributed by atoms with E-state index in [0.717, 1.165) is 37.3 Å².